The van der Waals surface area contributed by atoms with Gasteiger partial charge in [-0.15, -0.1) is 11.6 Å². The van der Waals surface area contributed by atoms with Gasteiger partial charge >= 0.3 is 0 Å². The second-order valence-electron chi connectivity index (χ2n) is 4.28. The van der Waals surface area contributed by atoms with Crippen LogP contribution in [0.2, 0.25) is 0 Å². The first-order valence-corrected chi connectivity index (χ1v) is 7.40. The standard InChI is InChI=1S/C13H15BrClFN2/c1-2-3-4-5-18-12-7-10(16)9(14)6-11(12)17-13(18)8-15/h6-7H,2-5,8H2,1H3. The summed E-state index contributed by atoms with van der Waals surface area (Å²) in [5.41, 5.74) is 1.61. The van der Waals surface area contributed by atoms with Crippen LogP contribution in [0.4, 0.5) is 4.39 Å². The Morgan fingerprint density at radius 1 is 1.39 bits per heavy atom. The van der Waals surface area contributed by atoms with Crippen LogP contribution in [0.3, 0.4) is 0 Å². The van der Waals surface area contributed by atoms with E-state index in [0.717, 1.165) is 42.7 Å². The van der Waals surface area contributed by atoms with Crippen molar-refractivity contribution in [3.63, 3.8) is 0 Å². The lowest BCUT2D eigenvalue weighted by molar-refractivity contribution is 0.595. The van der Waals surface area contributed by atoms with E-state index in [9.17, 15) is 4.39 Å². The molecule has 0 atom stereocenters. The minimum absolute atomic E-state index is 0.264. The Labute approximate surface area is 119 Å². The maximum atomic E-state index is 13.6. The molecule has 0 aliphatic heterocycles. The highest BCUT2D eigenvalue weighted by molar-refractivity contribution is 9.10. The largest absolute Gasteiger partial charge is 0.327 e. The summed E-state index contributed by atoms with van der Waals surface area (Å²) in [6.07, 6.45) is 3.37. The Morgan fingerprint density at radius 2 is 2.17 bits per heavy atom. The Bertz CT molecular complexity index is 553. The SMILES string of the molecule is CCCCCn1c(CCl)nc2cc(Br)c(F)cc21. The van der Waals surface area contributed by atoms with Crippen LogP contribution >= 0.6 is 27.5 Å². The molecule has 1 heterocycles. The lowest BCUT2D eigenvalue weighted by Gasteiger charge is -2.07. The van der Waals surface area contributed by atoms with E-state index in [2.05, 4.69) is 27.8 Å². The predicted octanol–water partition coefficient (Wildman–Crippen LogP) is 4.87. The van der Waals surface area contributed by atoms with Crippen molar-refractivity contribution in [2.45, 2.75) is 38.6 Å². The van der Waals surface area contributed by atoms with Gasteiger partial charge in [-0.25, -0.2) is 9.37 Å². The zero-order valence-corrected chi connectivity index (χ0v) is 12.6. The highest BCUT2D eigenvalue weighted by Gasteiger charge is 2.12. The van der Waals surface area contributed by atoms with Gasteiger partial charge in [0.25, 0.3) is 0 Å². The first-order chi connectivity index (χ1) is 8.67. The average Bonchev–Trinajstić information content (AvgIpc) is 2.68. The number of aromatic nitrogens is 2. The zero-order chi connectivity index (χ0) is 13.1. The fourth-order valence-corrected chi connectivity index (χ4v) is 2.58. The van der Waals surface area contributed by atoms with Gasteiger partial charge in [-0.3, -0.25) is 0 Å². The molecule has 0 aliphatic rings. The Kier molecular flexibility index (Phi) is 4.62. The molecule has 98 valence electrons. The maximum Gasteiger partial charge on any atom is 0.139 e. The lowest BCUT2D eigenvalue weighted by atomic mass is 10.2. The number of benzene rings is 1. The lowest BCUT2D eigenvalue weighted by Crippen LogP contribution is -2.02. The number of alkyl halides is 1. The van der Waals surface area contributed by atoms with Crippen LogP contribution in [-0.2, 0) is 12.4 Å². The number of hydrogen-bond acceptors (Lipinski definition) is 1. The minimum atomic E-state index is -0.264. The van der Waals surface area contributed by atoms with Gasteiger partial charge in [-0.2, -0.15) is 0 Å². The number of hydrogen-bond donors (Lipinski definition) is 0. The number of nitrogens with zero attached hydrogens (tertiary/aromatic N) is 2. The molecule has 0 saturated carbocycles. The maximum absolute atomic E-state index is 13.6. The molecule has 0 amide bonds. The van der Waals surface area contributed by atoms with Gasteiger partial charge in [0.15, 0.2) is 0 Å². The molecule has 0 radical (unpaired) electrons. The van der Waals surface area contributed by atoms with Crippen LogP contribution in [0, 0.1) is 5.82 Å². The molecule has 0 bridgehead atoms. The smallest absolute Gasteiger partial charge is 0.139 e. The molecule has 1 aromatic carbocycles. The van der Waals surface area contributed by atoms with E-state index in [4.69, 9.17) is 11.6 Å². The van der Waals surface area contributed by atoms with Crippen molar-refractivity contribution in [1.82, 2.24) is 9.55 Å². The summed E-state index contributed by atoms with van der Waals surface area (Å²) >= 11 is 9.09. The van der Waals surface area contributed by atoms with Gasteiger partial charge in [0, 0.05) is 12.6 Å². The van der Waals surface area contributed by atoms with Crippen LogP contribution in [0.25, 0.3) is 11.0 Å². The Hall–Kier alpha value is -0.610. The Balaban J connectivity index is 2.44. The first-order valence-electron chi connectivity index (χ1n) is 6.07. The van der Waals surface area contributed by atoms with E-state index >= 15 is 0 Å². The molecule has 0 N–H and O–H groups in total. The molecule has 0 spiro atoms. The van der Waals surface area contributed by atoms with E-state index in [0.29, 0.717) is 10.4 Å². The van der Waals surface area contributed by atoms with Crippen molar-refractivity contribution >= 4 is 38.6 Å². The Morgan fingerprint density at radius 3 is 2.83 bits per heavy atom. The monoisotopic (exact) mass is 332 g/mol. The van der Waals surface area contributed by atoms with Crippen molar-refractivity contribution < 1.29 is 4.39 Å². The average molecular weight is 334 g/mol. The van der Waals surface area contributed by atoms with Gasteiger partial charge in [0.2, 0.25) is 0 Å². The van der Waals surface area contributed by atoms with Gasteiger partial charge in [-0.05, 0) is 28.4 Å². The van der Waals surface area contributed by atoms with Crippen LogP contribution < -0.4 is 0 Å². The fourth-order valence-electron chi connectivity index (χ4n) is 2.04. The second kappa shape index (κ2) is 6.02. The summed E-state index contributed by atoms with van der Waals surface area (Å²) in [5.74, 6) is 0.889. The van der Waals surface area contributed by atoms with E-state index < -0.39 is 0 Å². The van der Waals surface area contributed by atoms with Crippen molar-refractivity contribution in [2.24, 2.45) is 0 Å². The van der Waals surface area contributed by atoms with Crippen LogP contribution in [-0.4, -0.2) is 9.55 Å². The van der Waals surface area contributed by atoms with Crippen molar-refractivity contribution in [1.29, 1.82) is 0 Å². The number of imidazole rings is 1. The van der Waals surface area contributed by atoms with Gasteiger partial charge in [0.1, 0.15) is 11.6 Å². The third-order valence-electron chi connectivity index (χ3n) is 2.97. The van der Waals surface area contributed by atoms with Crippen molar-refractivity contribution in [3.05, 3.63) is 28.2 Å². The summed E-state index contributed by atoms with van der Waals surface area (Å²) in [4.78, 5) is 4.45. The molecule has 2 rings (SSSR count). The third kappa shape index (κ3) is 2.69. The molecule has 5 heteroatoms. The van der Waals surface area contributed by atoms with Crippen LogP contribution in [0.1, 0.15) is 32.0 Å². The number of aryl methyl sites for hydroxylation is 1. The van der Waals surface area contributed by atoms with E-state index in [-0.39, 0.29) is 5.82 Å². The van der Waals surface area contributed by atoms with Crippen molar-refractivity contribution in [2.75, 3.05) is 0 Å². The van der Waals surface area contributed by atoms with Crippen LogP contribution in [0.15, 0.2) is 16.6 Å². The quantitative estimate of drug-likeness (QED) is 0.564. The van der Waals surface area contributed by atoms with Crippen molar-refractivity contribution in [3.8, 4) is 0 Å². The van der Waals surface area contributed by atoms with E-state index in [1.54, 1.807) is 6.07 Å². The molecule has 18 heavy (non-hydrogen) atoms. The zero-order valence-electron chi connectivity index (χ0n) is 10.2. The summed E-state index contributed by atoms with van der Waals surface area (Å²) in [6.45, 7) is 3.00. The van der Waals surface area contributed by atoms with E-state index in [1.807, 2.05) is 4.57 Å². The highest BCUT2D eigenvalue weighted by Crippen LogP contribution is 2.25. The molecule has 0 saturated heterocycles. The number of fused-ring (bicyclic) bond motifs is 1. The minimum Gasteiger partial charge on any atom is -0.327 e. The molecule has 2 nitrogen and oxygen atoms in total. The van der Waals surface area contributed by atoms with E-state index in [1.165, 1.54) is 6.07 Å². The topological polar surface area (TPSA) is 17.8 Å². The third-order valence-corrected chi connectivity index (χ3v) is 3.82. The summed E-state index contributed by atoms with van der Waals surface area (Å²) < 4.78 is 16.1. The summed E-state index contributed by atoms with van der Waals surface area (Å²) in [5, 5.41) is 0. The molecule has 0 fully saturated rings. The first kappa shape index (κ1) is 13.8. The summed E-state index contributed by atoms with van der Waals surface area (Å²) in [6, 6.07) is 3.23. The second-order valence-corrected chi connectivity index (χ2v) is 5.40. The normalized spacial score (nSPS) is 11.3. The fraction of sp³-hybridized carbons (Fsp3) is 0.462. The molecule has 0 unspecified atom stereocenters. The van der Waals surface area contributed by atoms with Gasteiger partial charge in [0.05, 0.1) is 21.4 Å². The van der Waals surface area contributed by atoms with Gasteiger partial charge < -0.3 is 4.57 Å². The van der Waals surface area contributed by atoms with Crippen LogP contribution in [0.5, 0.6) is 0 Å². The molecule has 1 aromatic heterocycles. The predicted molar refractivity (Wildman–Crippen MR) is 76.5 cm³/mol. The summed E-state index contributed by atoms with van der Waals surface area (Å²) in [7, 11) is 0. The molecular weight excluding hydrogens is 319 g/mol. The molecule has 2 aromatic rings. The molecular formula is C13H15BrClFN2. The molecule has 0 aliphatic carbocycles. The number of unbranched alkanes of at least 4 members (excludes halogenated alkanes) is 2. The number of halogens is 3. The highest BCUT2D eigenvalue weighted by atomic mass is 79.9. The number of rotatable bonds is 5. The van der Waals surface area contributed by atoms with Gasteiger partial charge in [-0.1, -0.05) is 19.8 Å².